The summed E-state index contributed by atoms with van der Waals surface area (Å²) in [6.07, 6.45) is 16.3. The Morgan fingerprint density at radius 2 is 1.82 bits per heavy atom. The lowest BCUT2D eigenvalue weighted by Gasteiger charge is -2.08. The number of nitrogens with one attached hydrogen (secondary N) is 1. The summed E-state index contributed by atoms with van der Waals surface area (Å²) in [5, 5.41) is 2.74. The third-order valence-electron chi connectivity index (χ3n) is 3.94. The van der Waals surface area contributed by atoms with Gasteiger partial charge < -0.3 is 10.1 Å². The van der Waals surface area contributed by atoms with Gasteiger partial charge in [0, 0.05) is 12.8 Å². The molecule has 1 heterocycles. The van der Waals surface area contributed by atoms with Crippen molar-refractivity contribution in [3.05, 3.63) is 12.2 Å². The van der Waals surface area contributed by atoms with Crippen molar-refractivity contribution in [2.24, 2.45) is 0 Å². The molecule has 1 amide bonds. The van der Waals surface area contributed by atoms with Crippen molar-refractivity contribution >= 4 is 11.9 Å². The topological polar surface area (TPSA) is 55.4 Å². The number of esters is 1. The summed E-state index contributed by atoms with van der Waals surface area (Å²) in [5.74, 6) is -0.317. The fourth-order valence-corrected chi connectivity index (χ4v) is 2.53. The summed E-state index contributed by atoms with van der Waals surface area (Å²) in [4.78, 5) is 22.9. The van der Waals surface area contributed by atoms with Crippen LogP contribution in [0, 0.1) is 0 Å². The van der Waals surface area contributed by atoms with E-state index in [0.29, 0.717) is 19.4 Å². The molecule has 0 radical (unpaired) electrons. The van der Waals surface area contributed by atoms with Gasteiger partial charge in [0.15, 0.2) is 0 Å². The molecule has 126 valence electrons. The van der Waals surface area contributed by atoms with Gasteiger partial charge in [-0.25, -0.2) is 4.79 Å². The third kappa shape index (κ3) is 8.85. The fraction of sp³-hybridized carbons (Fsp3) is 0.778. The van der Waals surface area contributed by atoms with Crippen LogP contribution in [0.2, 0.25) is 0 Å². The molecule has 4 heteroatoms. The van der Waals surface area contributed by atoms with E-state index in [-0.39, 0.29) is 11.9 Å². The van der Waals surface area contributed by atoms with Crippen molar-refractivity contribution in [1.82, 2.24) is 5.32 Å². The Balaban J connectivity index is 1.87. The van der Waals surface area contributed by atoms with Crippen LogP contribution in [-0.4, -0.2) is 24.5 Å². The number of amides is 1. The monoisotopic (exact) mass is 309 g/mol. The summed E-state index contributed by atoms with van der Waals surface area (Å²) >= 11 is 0. The molecule has 0 unspecified atom stereocenters. The third-order valence-corrected chi connectivity index (χ3v) is 3.94. The first-order valence-corrected chi connectivity index (χ1v) is 8.85. The predicted molar refractivity (Wildman–Crippen MR) is 88.5 cm³/mol. The Kier molecular flexibility index (Phi) is 10.4. The summed E-state index contributed by atoms with van der Waals surface area (Å²) in [7, 11) is 0. The van der Waals surface area contributed by atoms with Gasteiger partial charge in [0.25, 0.3) is 0 Å². The Morgan fingerprint density at radius 1 is 1.14 bits per heavy atom. The van der Waals surface area contributed by atoms with Gasteiger partial charge in [-0.15, -0.1) is 0 Å². The zero-order valence-corrected chi connectivity index (χ0v) is 13.9. The highest BCUT2D eigenvalue weighted by Gasteiger charge is 2.27. The van der Waals surface area contributed by atoms with Gasteiger partial charge in [-0.3, -0.25) is 4.79 Å². The van der Waals surface area contributed by atoms with Crippen molar-refractivity contribution in [1.29, 1.82) is 0 Å². The number of ether oxygens (including phenoxy) is 1. The SMILES string of the molecule is CCCCC=CCCCCCCCC(=O)N[C@H]1CCOC1=O. The quantitative estimate of drug-likeness (QED) is 0.338. The second-order valence-corrected chi connectivity index (χ2v) is 6.00. The molecular formula is C18H31NO3. The van der Waals surface area contributed by atoms with Gasteiger partial charge in [0.2, 0.25) is 5.91 Å². The van der Waals surface area contributed by atoms with E-state index >= 15 is 0 Å². The molecule has 1 aliphatic heterocycles. The van der Waals surface area contributed by atoms with E-state index in [9.17, 15) is 9.59 Å². The first-order valence-electron chi connectivity index (χ1n) is 8.85. The average Bonchev–Trinajstić information content (AvgIpc) is 2.90. The Labute approximate surface area is 134 Å². The maximum absolute atomic E-state index is 11.7. The normalized spacial score (nSPS) is 17.9. The smallest absolute Gasteiger partial charge is 0.328 e. The maximum Gasteiger partial charge on any atom is 0.328 e. The highest BCUT2D eigenvalue weighted by molar-refractivity contribution is 5.85. The summed E-state index contributed by atoms with van der Waals surface area (Å²) < 4.78 is 4.82. The van der Waals surface area contributed by atoms with Crippen molar-refractivity contribution in [3.8, 4) is 0 Å². The molecule has 0 aliphatic carbocycles. The van der Waals surface area contributed by atoms with Gasteiger partial charge in [-0.2, -0.15) is 0 Å². The van der Waals surface area contributed by atoms with E-state index < -0.39 is 6.04 Å². The van der Waals surface area contributed by atoms with Crippen molar-refractivity contribution in [2.75, 3.05) is 6.61 Å². The van der Waals surface area contributed by atoms with E-state index in [2.05, 4.69) is 24.4 Å². The van der Waals surface area contributed by atoms with E-state index in [1.54, 1.807) is 0 Å². The van der Waals surface area contributed by atoms with Crippen molar-refractivity contribution in [3.63, 3.8) is 0 Å². The molecule has 0 bridgehead atoms. The number of hydrogen-bond acceptors (Lipinski definition) is 3. The standard InChI is InChI=1S/C18H31NO3/c1-2-3-4-5-6-7-8-9-10-11-12-13-17(20)19-16-14-15-22-18(16)21/h5-6,16H,2-4,7-15H2,1H3,(H,19,20)/t16-/m0/s1. The minimum Gasteiger partial charge on any atom is -0.464 e. The molecule has 0 aromatic heterocycles. The number of hydrogen-bond donors (Lipinski definition) is 1. The number of rotatable bonds is 12. The number of allylic oxidation sites excluding steroid dienone is 2. The van der Waals surface area contributed by atoms with Crippen LogP contribution in [-0.2, 0) is 14.3 Å². The molecule has 0 aromatic carbocycles. The molecule has 1 rings (SSSR count). The zero-order valence-electron chi connectivity index (χ0n) is 13.9. The van der Waals surface area contributed by atoms with E-state index in [1.807, 2.05) is 0 Å². The van der Waals surface area contributed by atoms with Gasteiger partial charge in [0.05, 0.1) is 6.61 Å². The van der Waals surface area contributed by atoms with Crippen LogP contribution in [0.1, 0.15) is 77.6 Å². The van der Waals surface area contributed by atoms with Crippen LogP contribution in [0.25, 0.3) is 0 Å². The molecule has 22 heavy (non-hydrogen) atoms. The average molecular weight is 309 g/mol. The molecular weight excluding hydrogens is 278 g/mol. The second-order valence-electron chi connectivity index (χ2n) is 6.00. The van der Waals surface area contributed by atoms with E-state index in [4.69, 9.17) is 4.74 Å². The molecule has 1 fully saturated rings. The first kappa shape index (κ1) is 18.7. The van der Waals surface area contributed by atoms with Gasteiger partial charge >= 0.3 is 5.97 Å². The summed E-state index contributed by atoms with van der Waals surface area (Å²) in [6.45, 7) is 2.64. The van der Waals surface area contributed by atoms with Crippen LogP contribution in [0.4, 0.5) is 0 Å². The lowest BCUT2D eigenvalue weighted by molar-refractivity contribution is -0.141. The molecule has 4 nitrogen and oxygen atoms in total. The molecule has 0 saturated carbocycles. The Morgan fingerprint density at radius 3 is 2.50 bits per heavy atom. The predicted octanol–water partition coefficient (Wildman–Crippen LogP) is 3.90. The lowest BCUT2D eigenvalue weighted by atomic mass is 10.1. The molecule has 0 aromatic rings. The van der Waals surface area contributed by atoms with E-state index in [0.717, 1.165) is 12.8 Å². The Bertz CT molecular complexity index is 352. The number of unbranched alkanes of at least 4 members (excludes halogenated alkanes) is 7. The zero-order chi connectivity index (χ0) is 16.0. The van der Waals surface area contributed by atoms with Crippen molar-refractivity contribution < 1.29 is 14.3 Å². The summed E-state index contributed by atoms with van der Waals surface area (Å²) in [5.41, 5.74) is 0. The van der Waals surface area contributed by atoms with E-state index in [1.165, 1.54) is 44.9 Å². The van der Waals surface area contributed by atoms with Crippen molar-refractivity contribution in [2.45, 2.75) is 83.6 Å². The Hall–Kier alpha value is -1.32. The second kappa shape index (κ2) is 12.2. The molecule has 0 spiro atoms. The summed E-state index contributed by atoms with van der Waals surface area (Å²) in [6, 6.07) is -0.410. The van der Waals surface area contributed by atoms with Gasteiger partial charge in [-0.05, 0) is 25.7 Å². The number of carbonyl (C=O) groups is 2. The molecule has 1 saturated heterocycles. The molecule has 1 atom stereocenters. The minimum atomic E-state index is -0.410. The maximum atomic E-state index is 11.7. The van der Waals surface area contributed by atoms with Crippen LogP contribution in [0.5, 0.6) is 0 Å². The van der Waals surface area contributed by atoms with Gasteiger partial charge in [-0.1, -0.05) is 51.2 Å². The highest BCUT2D eigenvalue weighted by Crippen LogP contribution is 2.10. The largest absolute Gasteiger partial charge is 0.464 e. The number of cyclic esters (lactones) is 1. The first-order chi connectivity index (χ1) is 10.7. The lowest BCUT2D eigenvalue weighted by Crippen LogP contribution is -2.37. The van der Waals surface area contributed by atoms with Crippen LogP contribution in [0.15, 0.2) is 12.2 Å². The van der Waals surface area contributed by atoms with Gasteiger partial charge in [0.1, 0.15) is 6.04 Å². The molecule has 1 N–H and O–H groups in total. The van der Waals surface area contributed by atoms with Crippen LogP contribution >= 0.6 is 0 Å². The van der Waals surface area contributed by atoms with Crippen LogP contribution < -0.4 is 5.32 Å². The fourth-order valence-electron chi connectivity index (χ4n) is 2.53. The van der Waals surface area contributed by atoms with Crippen LogP contribution in [0.3, 0.4) is 0 Å². The molecule has 1 aliphatic rings. The number of carbonyl (C=O) groups excluding carboxylic acids is 2. The highest BCUT2D eigenvalue weighted by atomic mass is 16.5. The minimum absolute atomic E-state index is 0.0253.